The first kappa shape index (κ1) is 23.0. The molecule has 1 fully saturated rings. The molecule has 9 heteroatoms. The highest BCUT2D eigenvalue weighted by atomic mass is 32.1. The van der Waals surface area contributed by atoms with Crippen molar-refractivity contribution >= 4 is 29.3 Å². The lowest BCUT2D eigenvalue weighted by molar-refractivity contribution is -0.123. The summed E-state index contributed by atoms with van der Waals surface area (Å²) in [5, 5.41) is 16.4. The largest absolute Gasteiger partial charge is 0.476 e. The Labute approximate surface area is 206 Å². The molecule has 3 aromatic rings. The monoisotopic (exact) mass is 491 g/mol. The second-order valence-electron chi connectivity index (χ2n) is 8.85. The molecule has 0 saturated heterocycles. The maximum Gasteiger partial charge on any atom is 0.407 e. The van der Waals surface area contributed by atoms with Crippen molar-refractivity contribution in [2.75, 3.05) is 6.61 Å². The van der Waals surface area contributed by atoms with Gasteiger partial charge in [-0.15, -0.1) is 11.3 Å². The van der Waals surface area contributed by atoms with E-state index >= 15 is 0 Å². The van der Waals surface area contributed by atoms with Crippen molar-refractivity contribution in [1.29, 1.82) is 0 Å². The minimum atomic E-state index is -1.11. The summed E-state index contributed by atoms with van der Waals surface area (Å²) >= 11 is 1.16. The number of nitrogens with one attached hydrogen (secondary N) is 2. The van der Waals surface area contributed by atoms with Crippen molar-refractivity contribution in [3.8, 4) is 11.1 Å². The highest BCUT2D eigenvalue weighted by Gasteiger charge is 2.32. The summed E-state index contributed by atoms with van der Waals surface area (Å²) in [5.74, 6) is -1.10. The van der Waals surface area contributed by atoms with Crippen molar-refractivity contribution in [2.24, 2.45) is 5.92 Å². The van der Waals surface area contributed by atoms with E-state index in [1.807, 2.05) is 24.3 Å². The average molecular weight is 492 g/mol. The zero-order valence-corrected chi connectivity index (χ0v) is 19.7. The first-order valence-electron chi connectivity index (χ1n) is 11.6. The van der Waals surface area contributed by atoms with E-state index in [1.54, 1.807) is 0 Å². The first-order valence-corrected chi connectivity index (χ1v) is 12.4. The standard InChI is InChI=1S/C26H25N3O5S/c30-24(27-12-23-28-22(14-35-23)25(31)32)21(11-15-9-10-15)29-26(33)34-13-20-18-7-3-1-5-16(18)17-6-2-4-8-19(17)20/h1-8,14-15,20-21H,9-13H2,(H,27,30)(H,29,33)(H,31,32). The molecule has 2 amide bonds. The van der Waals surface area contributed by atoms with Crippen LogP contribution in [0.15, 0.2) is 53.9 Å². The average Bonchev–Trinajstić information content (AvgIpc) is 3.44. The smallest absolute Gasteiger partial charge is 0.407 e. The molecule has 3 N–H and O–H groups in total. The van der Waals surface area contributed by atoms with Crippen LogP contribution in [0.3, 0.4) is 0 Å². The van der Waals surface area contributed by atoms with Gasteiger partial charge >= 0.3 is 12.1 Å². The molecule has 1 unspecified atom stereocenters. The van der Waals surface area contributed by atoms with E-state index < -0.39 is 18.1 Å². The molecule has 5 rings (SSSR count). The normalized spacial score (nSPS) is 15.1. The number of aromatic nitrogens is 1. The summed E-state index contributed by atoms with van der Waals surface area (Å²) in [6.07, 6.45) is 1.97. The third-order valence-corrected chi connectivity index (χ3v) is 7.25. The Morgan fingerprint density at radius 2 is 1.71 bits per heavy atom. The Balaban J connectivity index is 1.20. The number of carboxylic acid groups (broad SMARTS) is 1. The lowest BCUT2D eigenvalue weighted by Gasteiger charge is -2.19. The van der Waals surface area contributed by atoms with Crippen LogP contribution in [0.2, 0.25) is 0 Å². The maximum atomic E-state index is 12.8. The van der Waals surface area contributed by atoms with Gasteiger partial charge in [0.25, 0.3) is 0 Å². The molecule has 0 aliphatic heterocycles. The van der Waals surface area contributed by atoms with Gasteiger partial charge in [-0.05, 0) is 34.6 Å². The Bertz CT molecular complexity index is 1220. The van der Waals surface area contributed by atoms with Crippen molar-refractivity contribution < 1.29 is 24.2 Å². The van der Waals surface area contributed by atoms with Crippen LogP contribution in [-0.4, -0.2) is 40.7 Å². The number of nitrogens with zero attached hydrogens (tertiary/aromatic N) is 1. The van der Waals surface area contributed by atoms with E-state index in [-0.39, 0.29) is 30.7 Å². The van der Waals surface area contributed by atoms with E-state index in [1.165, 1.54) is 5.38 Å². The molecule has 1 aromatic heterocycles. The zero-order chi connectivity index (χ0) is 24.4. The molecule has 35 heavy (non-hydrogen) atoms. The van der Waals surface area contributed by atoms with Gasteiger partial charge in [-0.2, -0.15) is 0 Å². The van der Waals surface area contributed by atoms with Gasteiger partial charge in [0.2, 0.25) is 5.91 Å². The number of ether oxygens (including phenoxy) is 1. The Morgan fingerprint density at radius 3 is 2.31 bits per heavy atom. The number of fused-ring (bicyclic) bond motifs is 3. The number of benzene rings is 2. The molecular formula is C26H25N3O5S. The highest BCUT2D eigenvalue weighted by Crippen LogP contribution is 2.44. The quantitative estimate of drug-likeness (QED) is 0.414. The number of carboxylic acids is 1. The van der Waals surface area contributed by atoms with Crippen LogP contribution in [0.5, 0.6) is 0 Å². The molecule has 0 radical (unpaired) electrons. The molecular weight excluding hydrogens is 466 g/mol. The SMILES string of the molecule is O=C(NC(CC1CC1)C(=O)NCc1nc(C(=O)O)cs1)OCC1c2ccccc2-c2ccccc21. The summed E-state index contributed by atoms with van der Waals surface area (Å²) in [7, 11) is 0. The van der Waals surface area contributed by atoms with Gasteiger partial charge < -0.3 is 20.5 Å². The van der Waals surface area contributed by atoms with Gasteiger partial charge in [-0.25, -0.2) is 14.6 Å². The lowest BCUT2D eigenvalue weighted by Crippen LogP contribution is -2.47. The summed E-state index contributed by atoms with van der Waals surface area (Å²) in [4.78, 5) is 40.5. The summed E-state index contributed by atoms with van der Waals surface area (Å²) in [6, 6.07) is 15.5. The number of thiazole rings is 1. The molecule has 2 aromatic carbocycles. The van der Waals surface area contributed by atoms with Gasteiger partial charge in [0.05, 0.1) is 6.54 Å². The van der Waals surface area contributed by atoms with Crippen molar-refractivity contribution in [2.45, 2.75) is 37.8 Å². The number of aromatic carboxylic acids is 1. The lowest BCUT2D eigenvalue weighted by atomic mass is 9.98. The minimum Gasteiger partial charge on any atom is -0.476 e. The van der Waals surface area contributed by atoms with E-state index in [2.05, 4.69) is 39.9 Å². The number of hydrogen-bond acceptors (Lipinski definition) is 6. The Hall–Kier alpha value is -3.72. The second-order valence-corrected chi connectivity index (χ2v) is 9.79. The molecule has 1 atom stereocenters. The van der Waals surface area contributed by atoms with Crippen molar-refractivity contribution in [3.05, 3.63) is 75.7 Å². The molecule has 0 spiro atoms. The number of carbonyl (C=O) groups excluding carboxylic acids is 2. The van der Waals surface area contributed by atoms with Crippen LogP contribution in [0.4, 0.5) is 4.79 Å². The maximum absolute atomic E-state index is 12.8. The third kappa shape index (κ3) is 5.19. The minimum absolute atomic E-state index is 0.0504. The van der Waals surface area contributed by atoms with Gasteiger partial charge in [0.1, 0.15) is 17.7 Å². The Kier molecular flexibility index (Phi) is 6.50. The van der Waals surface area contributed by atoms with E-state index in [0.717, 1.165) is 46.4 Å². The van der Waals surface area contributed by atoms with E-state index in [0.29, 0.717) is 17.3 Å². The number of hydrogen-bond donors (Lipinski definition) is 3. The molecule has 1 heterocycles. The predicted molar refractivity (Wildman–Crippen MR) is 130 cm³/mol. The molecule has 8 nitrogen and oxygen atoms in total. The molecule has 2 aliphatic rings. The number of carbonyl (C=O) groups is 3. The molecule has 2 aliphatic carbocycles. The fraction of sp³-hybridized carbons (Fsp3) is 0.308. The fourth-order valence-electron chi connectivity index (χ4n) is 4.48. The van der Waals surface area contributed by atoms with Gasteiger partial charge in [-0.1, -0.05) is 61.4 Å². The second kappa shape index (κ2) is 9.87. The molecule has 0 bridgehead atoms. The van der Waals surface area contributed by atoms with Gasteiger partial charge in [0.15, 0.2) is 5.69 Å². The van der Waals surface area contributed by atoms with Gasteiger partial charge in [0, 0.05) is 11.3 Å². The highest BCUT2D eigenvalue weighted by molar-refractivity contribution is 7.09. The van der Waals surface area contributed by atoms with Crippen LogP contribution in [-0.2, 0) is 16.1 Å². The van der Waals surface area contributed by atoms with Crippen LogP contribution in [0.25, 0.3) is 11.1 Å². The van der Waals surface area contributed by atoms with Crippen molar-refractivity contribution in [3.63, 3.8) is 0 Å². The molecule has 180 valence electrons. The van der Waals surface area contributed by atoms with Crippen LogP contribution < -0.4 is 10.6 Å². The van der Waals surface area contributed by atoms with E-state index in [9.17, 15) is 14.4 Å². The third-order valence-electron chi connectivity index (χ3n) is 6.40. The number of rotatable bonds is 9. The summed E-state index contributed by atoms with van der Waals surface area (Å²) < 4.78 is 5.61. The van der Waals surface area contributed by atoms with Crippen LogP contribution >= 0.6 is 11.3 Å². The van der Waals surface area contributed by atoms with Crippen LogP contribution in [0.1, 0.15) is 51.8 Å². The van der Waals surface area contributed by atoms with Gasteiger partial charge in [-0.3, -0.25) is 4.79 Å². The topological polar surface area (TPSA) is 118 Å². The zero-order valence-electron chi connectivity index (χ0n) is 18.9. The fourth-order valence-corrected chi connectivity index (χ4v) is 5.18. The number of alkyl carbamates (subject to hydrolysis) is 1. The predicted octanol–water partition coefficient (Wildman–Crippen LogP) is 4.16. The first-order chi connectivity index (χ1) is 17.0. The Morgan fingerprint density at radius 1 is 1.06 bits per heavy atom. The molecule has 1 saturated carbocycles. The number of amides is 2. The van der Waals surface area contributed by atoms with Crippen LogP contribution in [0, 0.1) is 5.92 Å². The van der Waals surface area contributed by atoms with Crippen molar-refractivity contribution in [1.82, 2.24) is 15.6 Å². The van der Waals surface area contributed by atoms with E-state index in [4.69, 9.17) is 9.84 Å². The summed E-state index contributed by atoms with van der Waals surface area (Å²) in [6.45, 7) is 0.277. The summed E-state index contributed by atoms with van der Waals surface area (Å²) in [5.41, 5.74) is 4.49.